The molecule has 11 heteroatoms. The average molecular weight is 534 g/mol. The Morgan fingerprint density at radius 2 is 1.77 bits per heavy atom. The zero-order chi connectivity index (χ0) is 22.3. The lowest BCUT2D eigenvalue weighted by atomic mass is 9.97. The van der Waals surface area contributed by atoms with Crippen LogP contribution in [0.2, 0.25) is 10.0 Å². The van der Waals surface area contributed by atoms with Crippen LogP contribution in [0.3, 0.4) is 0 Å². The van der Waals surface area contributed by atoms with Crippen molar-refractivity contribution in [2.24, 2.45) is 0 Å². The number of carbonyl (C=O) groups is 1. The van der Waals surface area contributed by atoms with E-state index in [1.54, 1.807) is 48.5 Å². The smallest absolute Gasteiger partial charge is 0.362 e. The molecule has 0 spiro atoms. The maximum atomic E-state index is 13.8. The van der Waals surface area contributed by atoms with Crippen molar-refractivity contribution in [3.8, 4) is 0 Å². The minimum absolute atomic E-state index is 0.0515. The Morgan fingerprint density at radius 3 is 2.39 bits per heavy atom. The Bertz CT molecular complexity index is 1120. The van der Waals surface area contributed by atoms with Gasteiger partial charge in [-0.05, 0) is 42.0 Å². The van der Waals surface area contributed by atoms with Crippen molar-refractivity contribution < 1.29 is 18.0 Å². The molecule has 162 valence electrons. The van der Waals surface area contributed by atoms with Crippen molar-refractivity contribution in [2.45, 2.75) is 24.7 Å². The molecule has 0 aliphatic carbocycles. The molecule has 2 N–H and O–H groups in total. The number of halogens is 6. The molecule has 0 bridgehead atoms. The molecule has 1 amide bonds. The van der Waals surface area contributed by atoms with Crippen LogP contribution in [0.4, 0.5) is 24.7 Å². The van der Waals surface area contributed by atoms with Gasteiger partial charge in [0.25, 0.3) is 5.91 Å². The first-order chi connectivity index (χ1) is 14.6. The van der Waals surface area contributed by atoms with E-state index in [-0.39, 0.29) is 23.0 Å². The van der Waals surface area contributed by atoms with Crippen molar-refractivity contribution in [1.29, 1.82) is 0 Å². The summed E-state index contributed by atoms with van der Waals surface area (Å²) in [6.07, 6.45) is -4.88. The number of hydrogen-bond donors (Lipinski definition) is 2. The van der Waals surface area contributed by atoms with Gasteiger partial charge in [-0.25, -0.2) is 4.68 Å². The van der Waals surface area contributed by atoms with E-state index in [1.807, 2.05) is 0 Å². The molecule has 31 heavy (non-hydrogen) atoms. The molecule has 0 saturated carbocycles. The molecule has 4 rings (SSSR count). The van der Waals surface area contributed by atoms with Crippen molar-refractivity contribution >= 4 is 56.5 Å². The molecule has 2 atom stereocenters. The maximum Gasteiger partial charge on any atom is 0.410 e. The first-order valence-corrected chi connectivity index (χ1v) is 10.6. The van der Waals surface area contributed by atoms with E-state index < -0.39 is 24.2 Å². The summed E-state index contributed by atoms with van der Waals surface area (Å²) in [5, 5.41) is 9.78. The predicted molar refractivity (Wildman–Crippen MR) is 117 cm³/mol. The number of nitrogens with one attached hydrogen (secondary N) is 2. The highest BCUT2D eigenvalue weighted by Crippen LogP contribution is 2.46. The van der Waals surface area contributed by atoms with E-state index in [2.05, 4.69) is 31.7 Å². The second-order valence-corrected chi connectivity index (χ2v) is 8.69. The summed E-state index contributed by atoms with van der Waals surface area (Å²) in [6, 6.07) is 10.6. The number of carbonyl (C=O) groups excluding carboxylic acids is 1. The number of alkyl halides is 3. The van der Waals surface area contributed by atoms with Gasteiger partial charge in [-0.2, -0.15) is 18.3 Å². The lowest BCUT2D eigenvalue weighted by Crippen LogP contribution is -2.35. The molecule has 0 unspecified atom stereocenters. The summed E-state index contributed by atoms with van der Waals surface area (Å²) in [6.45, 7) is 0. The summed E-state index contributed by atoms with van der Waals surface area (Å²) < 4.78 is 43.1. The molecule has 3 aromatic rings. The normalized spacial score (nSPS) is 18.3. The van der Waals surface area contributed by atoms with Crippen LogP contribution in [-0.2, 0) is 0 Å². The monoisotopic (exact) mass is 532 g/mol. The summed E-state index contributed by atoms with van der Waals surface area (Å²) in [5.41, 5.74) is 0.766. The molecule has 5 nitrogen and oxygen atoms in total. The topological polar surface area (TPSA) is 59.0 Å². The zero-order valence-corrected chi connectivity index (χ0v) is 18.6. The van der Waals surface area contributed by atoms with Crippen LogP contribution in [0.5, 0.6) is 0 Å². The van der Waals surface area contributed by atoms with Gasteiger partial charge in [0.05, 0.1) is 6.04 Å². The Labute approximate surface area is 193 Å². The molecule has 1 aromatic heterocycles. The fourth-order valence-electron chi connectivity index (χ4n) is 3.37. The van der Waals surface area contributed by atoms with E-state index >= 15 is 0 Å². The standard InChI is InChI=1S/C20H14BrCl2F3N4O/c21-11-3-1-10(2-4-11)14-9-15(20(24,25)26)30-18(28-14)16(23)17(29-30)19(31)27-13-7-5-12(22)6-8-13/h1-8,14-15,28H,9H2,(H,27,31)/t14-,15-/m1/s1. The van der Waals surface area contributed by atoms with Gasteiger partial charge >= 0.3 is 6.18 Å². The Balaban J connectivity index is 1.69. The summed E-state index contributed by atoms with van der Waals surface area (Å²) in [7, 11) is 0. The molecule has 1 aliphatic rings. The summed E-state index contributed by atoms with van der Waals surface area (Å²) >= 11 is 15.5. The van der Waals surface area contributed by atoms with Crippen molar-refractivity contribution in [3.63, 3.8) is 0 Å². The van der Waals surface area contributed by atoms with Crippen molar-refractivity contribution in [2.75, 3.05) is 10.6 Å². The van der Waals surface area contributed by atoms with Crippen molar-refractivity contribution in [1.82, 2.24) is 9.78 Å². The Kier molecular flexibility index (Phi) is 5.93. The van der Waals surface area contributed by atoms with Gasteiger partial charge in [-0.1, -0.05) is 51.3 Å². The van der Waals surface area contributed by atoms with Crippen LogP contribution < -0.4 is 10.6 Å². The third-order valence-electron chi connectivity index (χ3n) is 4.89. The third-order valence-corrected chi connectivity index (χ3v) is 6.02. The van der Waals surface area contributed by atoms with Crippen LogP contribution in [0.25, 0.3) is 0 Å². The molecular formula is C20H14BrCl2F3N4O. The molecule has 2 aromatic carbocycles. The van der Waals surface area contributed by atoms with E-state index in [1.165, 1.54) is 0 Å². The number of aromatic nitrogens is 2. The zero-order valence-electron chi connectivity index (χ0n) is 15.6. The minimum atomic E-state index is -4.58. The lowest BCUT2D eigenvalue weighted by molar-refractivity contribution is -0.173. The van der Waals surface area contributed by atoms with Crippen LogP contribution in [0.15, 0.2) is 53.0 Å². The first kappa shape index (κ1) is 22.0. The van der Waals surface area contributed by atoms with Gasteiger partial charge < -0.3 is 10.6 Å². The van der Waals surface area contributed by atoms with Crippen LogP contribution in [0, 0.1) is 0 Å². The third kappa shape index (κ3) is 4.53. The Hall–Kier alpha value is -2.23. The average Bonchev–Trinajstić information content (AvgIpc) is 3.05. The second-order valence-electron chi connectivity index (χ2n) is 6.96. The SMILES string of the molecule is O=C(Nc1ccc(Cl)cc1)c1nn2c(c1Cl)N[C@@H](c1ccc(Br)cc1)C[C@@H]2C(F)(F)F. The van der Waals surface area contributed by atoms with Gasteiger partial charge in [0.1, 0.15) is 10.8 Å². The number of anilines is 2. The van der Waals surface area contributed by atoms with Gasteiger partial charge in [-0.15, -0.1) is 0 Å². The highest BCUT2D eigenvalue weighted by molar-refractivity contribution is 9.10. The van der Waals surface area contributed by atoms with E-state index in [0.717, 1.165) is 9.15 Å². The number of amides is 1. The van der Waals surface area contributed by atoms with Gasteiger partial charge in [0, 0.05) is 21.6 Å². The first-order valence-electron chi connectivity index (χ1n) is 9.07. The predicted octanol–water partition coefficient (Wildman–Crippen LogP) is 6.87. The summed E-state index contributed by atoms with van der Waals surface area (Å²) in [5.74, 6) is -0.776. The van der Waals surface area contributed by atoms with E-state index in [9.17, 15) is 18.0 Å². The van der Waals surface area contributed by atoms with Gasteiger partial charge in [0.15, 0.2) is 11.7 Å². The number of hydrogen-bond acceptors (Lipinski definition) is 3. The number of rotatable bonds is 3. The fraction of sp³-hybridized carbons (Fsp3) is 0.200. The van der Waals surface area contributed by atoms with Crippen LogP contribution >= 0.6 is 39.1 Å². The number of benzene rings is 2. The fourth-order valence-corrected chi connectivity index (χ4v) is 4.03. The lowest BCUT2D eigenvalue weighted by Gasteiger charge is -2.33. The second kappa shape index (κ2) is 8.37. The van der Waals surface area contributed by atoms with E-state index in [4.69, 9.17) is 23.2 Å². The molecule has 0 saturated heterocycles. The summed E-state index contributed by atoms with van der Waals surface area (Å²) in [4.78, 5) is 12.7. The molecular weight excluding hydrogens is 520 g/mol. The molecule has 2 heterocycles. The van der Waals surface area contributed by atoms with Gasteiger partial charge in [-0.3, -0.25) is 4.79 Å². The quantitative estimate of drug-likeness (QED) is 0.386. The van der Waals surface area contributed by atoms with E-state index in [0.29, 0.717) is 16.3 Å². The van der Waals surface area contributed by atoms with Crippen LogP contribution in [-0.4, -0.2) is 21.9 Å². The number of nitrogens with zero attached hydrogens (tertiary/aromatic N) is 2. The number of fused-ring (bicyclic) bond motifs is 1. The molecule has 0 radical (unpaired) electrons. The molecule has 1 aliphatic heterocycles. The molecule has 0 fully saturated rings. The van der Waals surface area contributed by atoms with Crippen molar-refractivity contribution in [3.05, 3.63) is 74.3 Å². The highest BCUT2D eigenvalue weighted by atomic mass is 79.9. The minimum Gasteiger partial charge on any atom is -0.362 e. The maximum absolute atomic E-state index is 13.8. The van der Waals surface area contributed by atoms with Crippen LogP contribution in [0.1, 0.15) is 34.6 Å². The highest BCUT2D eigenvalue weighted by Gasteiger charge is 2.47. The Morgan fingerprint density at radius 1 is 1.13 bits per heavy atom. The largest absolute Gasteiger partial charge is 0.410 e. The van der Waals surface area contributed by atoms with Gasteiger partial charge in [0.2, 0.25) is 0 Å².